The molecule has 0 radical (unpaired) electrons. The van der Waals surface area contributed by atoms with Gasteiger partial charge in [-0.1, -0.05) is 6.07 Å². The van der Waals surface area contributed by atoms with Crippen molar-refractivity contribution in [2.45, 2.75) is 17.8 Å². The lowest BCUT2D eigenvalue weighted by Crippen LogP contribution is -2.64. The number of ether oxygens (including phenoxy) is 1. The molecule has 2 bridgehead atoms. The Morgan fingerprint density at radius 1 is 1.24 bits per heavy atom. The maximum atomic E-state index is 15.1. The zero-order valence-corrected chi connectivity index (χ0v) is 17.9. The second-order valence-corrected chi connectivity index (χ2v) is 8.98. The van der Waals surface area contributed by atoms with E-state index in [4.69, 9.17) is 18.3 Å². The van der Waals surface area contributed by atoms with E-state index in [-0.39, 0.29) is 11.3 Å². The molecule has 2 atom stereocenters. The first-order chi connectivity index (χ1) is 16.2. The summed E-state index contributed by atoms with van der Waals surface area (Å²) in [5.41, 5.74) is 0.842. The van der Waals surface area contributed by atoms with Crippen molar-refractivity contribution in [2.24, 2.45) is 7.05 Å². The molecular formula is C18H13F2N6O7P. The van der Waals surface area contributed by atoms with E-state index in [9.17, 15) is 18.9 Å². The van der Waals surface area contributed by atoms with Gasteiger partial charge in [-0.15, -0.1) is 10.2 Å². The first-order valence-electron chi connectivity index (χ1n) is 9.70. The monoisotopic (exact) mass is 494 g/mol. The van der Waals surface area contributed by atoms with Gasteiger partial charge in [-0.2, -0.15) is 4.80 Å². The minimum absolute atomic E-state index is 0.135. The molecule has 1 N–H and O–H groups in total. The number of aromatic nitrogens is 5. The van der Waals surface area contributed by atoms with Crippen molar-refractivity contribution in [3.05, 3.63) is 42.3 Å². The molecule has 4 aliphatic heterocycles. The number of aliphatic hydroxyl groups is 1. The summed E-state index contributed by atoms with van der Waals surface area (Å²) in [5.74, 6) is -5.37. The van der Waals surface area contributed by atoms with Gasteiger partial charge in [-0.05, 0) is 29.5 Å². The second-order valence-electron chi connectivity index (χ2n) is 7.54. The van der Waals surface area contributed by atoms with Gasteiger partial charge in [0.05, 0.1) is 12.7 Å². The van der Waals surface area contributed by atoms with Gasteiger partial charge in [-0.3, -0.25) is 4.98 Å². The highest BCUT2D eigenvalue weighted by Crippen LogP contribution is 2.81. The number of pyridine rings is 1. The molecule has 1 spiro atoms. The van der Waals surface area contributed by atoms with Gasteiger partial charge >= 0.3 is 25.6 Å². The molecule has 0 aliphatic carbocycles. The quantitative estimate of drug-likeness (QED) is 0.518. The van der Waals surface area contributed by atoms with Gasteiger partial charge in [0.2, 0.25) is 5.82 Å². The van der Waals surface area contributed by atoms with E-state index >= 15 is 4.39 Å². The summed E-state index contributed by atoms with van der Waals surface area (Å²) in [6.07, 6.45) is -1.85. The Kier molecular flexibility index (Phi) is 4.26. The Balaban J connectivity index is 1.34. The third kappa shape index (κ3) is 2.66. The summed E-state index contributed by atoms with van der Waals surface area (Å²) in [6, 6.07) is 6.84. The SMILES string of the molecule is Cn1nnc(-c2ccc(-c3ccc(N4C(=O)O[C@]5([C@@H](O)CF)OP6(=O)OC45O6)cc3F)cn2)n1. The molecule has 4 fully saturated rings. The zero-order chi connectivity index (χ0) is 23.9. The van der Waals surface area contributed by atoms with E-state index in [1.807, 2.05) is 0 Å². The predicted molar refractivity (Wildman–Crippen MR) is 105 cm³/mol. The smallest absolute Gasteiger partial charge is 0.404 e. The number of rotatable bonds is 5. The van der Waals surface area contributed by atoms with Crippen molar-refractivity contribution in [3.63, 3.8) is 0 Å². The predicted octanol–water partition coefficient (Wildman–Crippen LogP) is 1.90. The van der Waals surface area contributed by atoms with Crippen molar-refractivity contribution in [2.75, 3.05) is 11.6 Å². The van der Waals surface area contributed by atoms with E-state index in [1.54, 1.807) is 19.2 Å². The van der Waals surface area contributed by atoms with E-state index < -0.39 is 44.2 Å². The number of carbonyl (C=O) groups is 1. The van der Waals surface area contributed by atoms with Crippen LogP contribution in [-0.2, 0) is 29.9 Å². The van der Waals surface area contributed by atoms with Crippen LogP contribution >= 0.6 is 7.82 Å². The zero-order valence-electron chi connectivity index (χ0n) is 17.0. The molecule has 176 valence electrons. The van der Waals surface area contributed by atoms with Gasteiger partial charge in [0.1, 0.15) is 18.2 Å². The Morgan fingerprint density at radius 2 is 2.03 bits per heavy atom. The second kappa shape index (κ2) is 6.84. The van der Waals surface area contributed by atoms with Crippen LogP contribution < -0.4 is 4.90 Å². The van der Waals surface area contributed by atoms with E-state index in [0.717, 1.165) is 6.07 Å². The Labute approximate surface area is 188 Å². The van der Waals surface area contributed by atoms with Crippen LogP contribution in [0.3, 0.4) is 0 Å². The summed E-state index contributed by atoms with van der Waals surface area (Å²) in [7, 11) is -2.56. The number of amides is 1. The van der Waals surface area contributed by atoms with Gasteiger partial charge < -0.3 is 9.84 Å². The number of phosphoric ester groups is 1. The highest BCUT2D eigenvalue weighted by molar-refractivity contribution is 7.50. The lowest BCUT2D eigenvalue weighted by atomic mass is 10.0. The highest BCUT2D eigenvalue weighted by Gasteiger charge is 2.91. The number of phosphoric acid groups is 1. The minimum atomic E-state index is -4.16. The normalized spacial score (nSPS) is 30.1. The van der Waals surface area contributed by atoms with Gasteiger partial charge in [0.25, 0.3) is 0 Å². The standard InChI is InChI=1S/C18H13F2N6O7P/c1-25-23-15(22-24-25)13-5-2-9(8-21-13)11-4-3-10(6-12(11)20)26-16(28)30-17(14(27)7-19)18(26)32-34(29,31-17)33-18/h2-6,8,14,27H,7H2,1H3/t14-,17+,18?,34?/m0/s1. The molecule has 1 aromatic carbocycles. The average molecular weight is 494 g/mol. The molecule has 3 aromatic rings. The minimum Gasteiger partial charge on any atom is -0.404 e. The Hall–Kier alpha value is -3.36. The number of aliphatic hydroxyl groups excluding tert-OH is 1. The number of benzene rings is 1. The molecule has 2 aromatic heterocycles. The van der Waals surface area contributed by atoms with Crippen molar-refractivity contribution >= 4 is 19.6 Å². The maximum Gasteiger partial charge on any atom is 0.486 e. The van der Waals surface area contributed by atoms with Crippen molar-refractivity contribution in [1.82, 2.24) is 25.2 Å². The van der Waals surface area contributed by atoms with Crippen LogP contribution in [0.1, 0.15) is 0 Å². The van der Waals surface area contributed by atoms with Crippen LogP contribution in [0.2, 0.25) is 0 Å². The van der Waals surface area contributed by atoms with Crippen LogP contribution in [0.15, 0.2) is 36.5 Å². The Morgan fingerprint density at radius 3 is 2.65 bits per heavy atom. The summed E-state index contributed by atoms with van der Waals surface area (Å²) in [4.78, 5) is 18.7. The molecule has 34 heavy (non-hydrogen) atoms. The van der Waals surface area contributed by atoms with Gasteiger partial charge in [0.15, 0.2) is 6.10 Å². The van der Waals surface area contributed by atoms with Crippen molar-refractivity contribution < 1.29 is 41.6 Å². The number of anilines is 1. The van der Waals surface area contributed by atoms with E-state index in [0.29, 0.717) is 22.0 Å². The summed E-state index contributed by atoms with van der Waals surface area (Å²) in [6.45, 7) is -1.42. The van der Waals surface area contributed by atoms with Crippen LogP contribution in [0.4, 0.5) is 19.3 Å². The third-order valence-corrected chi connectivity index (χ3v) is 6.92. The van der Waals surface area contributed by atoms with E-state index in [2.05, 4.69) is 20.4 Å². The van der Waals surface area contributed by atoms with E-state index in [1.165, 1.54) is 23.1 Å². The number of nitrogens with zero attached hydrogens (tertiary/aromatic N) is 6. The number of halogens is 2. The molecule has 4 aliphatic rings. The number of alkyl halides is 1. The average Bonchev–Trinajstić information content (AvgIpc) is 3.46. The third-order valence-electron chi connectivity index (χ3n) is 5.48. The fourth-order valence-electron chi connectivity index (χ4n) is 3.98. The molecule has 0 unspecified atom stereocenters. The lowest BCUT2D eigenvalue weighted by Gasteiger charge is -2.39. The number of hydrogen-bond donors (Lipinski definition) is 1. The van der Waals surface area contributed by atoms with Crippen LogP contribution in [0.5, 0.6) is 0 Å². The maximum absolute atomic E-state index is 15.1. The largest absolute Gasteiger partial charge is 0.486 e. The summed E-state index contributed by atoms with van der Waals surface area (Å²) >= 11 is 0. The molecule has 6 heterocycles. The van der Waals surface area contributed by atoms with Crippen LogP contribution in [0.25, 0.3) is 22.6 Å². The summed E-state index contributed by atoms with van der Waals surface area (Å²) in [5, 5.41) is 21.7. The summed E-state index contributed by atoms with van der Waals surface area (Å²) < 4.78 is 60.9. The fourth-order valence-corrected chi connectivity index (χ4v) is 5.70. The Bertz CT molecular complexity index is 1380. The molecule has 16 heteroatoms. The van der Waals surface area contributed by atoms with Crippen molar-refractivity contribution in [1.29, 1.82) is 0 Å². The molecule has 0 saturated carbocycles. The molecule has 4 saturated heterocycles. The lowest BCUT2D eigenvalue weighted by molar-refractivity contribution is -0.282. The number of aryl methyl sites for hydroxylation is 1. The first-order valence-corrected chi connectivity index (χ1v) is 11.2. The van der Waals surface area contributed by atoms with Crippen LogP contribution in [0, 0.1) is 5.82 Å². The molecule has 13 nitrogen and oxygen atoms in total. The van der Waals surface area contributed by atoms with Crippen molar-refractivity contribution in [3.8, 4) is 22.6 Å². The van der Waals surface area contributed by atoms with Gasteiger partial charge in [-0.25, -0.2) is 36.6 Å². The molecule has 7 rings (SSSR count). The van der Waals surface area contributed by atoms with Crippen LogP contribution in [-0.4, -0.2) is 60.9 Å². The topological polar surface area (TPSA) is 151 Å². The number of hydrogen-bond acceptors (Lipinski definition) is 11. The molecule has 1 amide bonds. The molecular weight excluding hydrogens is 481 g/mol. The number of carbonyl (C=O) groups excluding carboxylic acids is 1. The number of tetrazole rings is 1. The van der Waals surface area contributed by atoms with Gasteiger partial charge in [0, 0.05) is 17.3 Å². The first kappa shape index (κ1) is 21.2. The highest BCUT2D eigenvalue weighted by atomic mass is 31.2. The fraction of sp³-hybridized carbons (Fsp3) is 0.278.